The van der Waals surface area contributed by atoms with Crippen molar-refractivity contribution in [2.24, 2.45) is 10.8 Å². The number of hydrogen-bond acceptors (Lipinski definition) is 10. The van der Waals surface area contributed by atoms with Gasteiger partial charge in [0.1, 0.15) is 23.2 Å². The summed E-state index contributed by atoms with van der Waals surface area (Å²) in [6, 6.07) is 12.5. The van der Waals surface area contributed by atoms with Gasteiger partial charge in [0.25, 0.3) is 0 Å². The maximum atomic E-state index is 12.7. The van der Waals surface area contributed by atoms with Crippen molar-refractivity contribution in [2.75, 3.05) is 51.9 Å². The first-order valence-electron chi connectivity index (χ1n) is 13.9. The summed E-state index contributed by atoms with van der Waals surface area (Å²) in [6.07, 6.45) is 1.03. The number of nitrogens with two attached hydrogens (primary N) is 2. The Hall–Kier alpha value is -4.44. The number of nitrogens with zero attached hydrogens (tertiary/aromatic N) is 4. The lowest BCUT2D eigenvalue weighted by molar-refractivity contribution is -0.133. The van der Waals surface area contributed by atoms with Gasteiger partial charge in [0.2, 0.25) is 5.91 Å². The fourth-order valence-corrected chi connectivity index (χ4v) is 4.78. The molecule has 2 aromatic carbocycles. The third kappa shape index (κ3) is 7.44. The molecule has 0 aromatic heterocycles. The average Bonchev–Trinajstić information content (AvgIpc) is 3.32. The fraction of sp³-hybridized carbons (Fsp3) is 0.400. The molecular weight excluding hydrogens is 538 g/mol. The van der Waals surface area contributed by atoms with Gasteiger partial charge >= 0.3 is 0 Å². The number of nitrogens with one attached hydrogen (secondary N) is 1. The van der Waals surface area contributed by atoms with E-state index in [1.807, 2.05) is 30.0 Å². The number of amides is 1. The molecule has 0 saturated carbocycles. The van der Waals surface area contributed by atoms with Crippen molar-refractivity contribution in [1.29, 1.82) is 10.7 Å². The van der Waals surface area contributed by atoms with Gasteiger partial charge in [0, 0.05) is 25.3 Å². The lowest BCUT2D eigenvalue weighted by Gasteiger charge is -2.29. The predicted octanol–water partition coefficient (Wildman–Crippen LogP) is 2.25. The lowest BCUT2D eigenvalue weighted by atomic mass is 9.97. The summed E-state index contributed by atoms with van der Waals surface area (Å²) < 4.78 is 16.2. The SMILES string of the molecule is CCOCCOCCOCCC(=O)N1CCc2cc(CN3N=C(c4ccc(O)c(N)c4)/C(=C(\N)C#N)C3=N)ccc2C1. The number of hydrazone groups is 1. The Morgan fingerprint density at radius 1 is 1.10 bits per heavy atom. The third-order valence-electron chi connectivity index (χ3n) is 7.02. The number of nitriles is 1. The summed E-state index contributed by atoms with van der Waals surface area (Å²) in [6.45, 7) is 6.41. The minimum atomic E-state index is -0.126. The molecule has 0 saturated heterocycles. The van der Waals surface area contributed by atoms with E-state index >= 15 is 0 Å². The Balaban J connectivity index is 1.34. The predicted molar refractivity (Wildman–Crippen MR) is 157 cm³/mol. The molecule has 222 valence electrons. The number of amidine groups is 1. The number of benzene rings is 2. The lowest BCUT2D eigenvalue weighted by Crippen LogP contribution is -2.36. The van der Waals surface area contributed by atoms with Gasteiger partial charge < -0.3 is 35.7 Å². The van der Waals surface area contributed by atoms with Crippen LogP contribution in [0.1, 0.15) is 35.6 Å². The van der Waals surface area contributed by atoms with Crippen LogP contribution in [0.5, 0.6) is 5.75 Å². The van der Waals surface area contributed by atoms with Crippen molar-refractivity contribution in [2.45, 2.75) is 32.9 Å². The van der Waals surface area contributed by atoms with Crippen LogP contribution >= 0.6 is 0 Å². The molecule has 1 amide bonds. The molecule has 12 nitrogen and oxygen atoms in total. The molecular formula is C30H37N7O5. The number of ether oxygens (including phenoxy) is 3. The number of nitrogen functional groups attached to an aromatic ring is 1. The van der Waals surface area contributed by atoms with E-state index in [1.165, 1.54) is 17.1 Å². The second-order valence-electron chi connectivity index (χ2n) is 9.87. The van der Waals surface area contributed by atoms with Gasteiger partial charge in [-0.15, -0.1) is 0 Å². The van der Waals surface area contributed by atoms with Crippen molar-refractivity contribution < 1.29 is 24.1 Å². The van der Waals surface area contributed by atoms with Crippen LogP contribution in [-0.2, 0) is 38.5 Å². The number of allylic oxidation sites excluding steroid dienone is 1. The van der Waals surface area contributed by atoms with Gasteiger partial charge in [-0.25, -0.2) is 5.01 Å². The van der Waals surface area contributed by atoms with E-state index < -0.39 is 0 Å². The largest absolute Gasteiger partial charge is 0.506 e. The molecule has 4 rings (SSSR count). The zero-order valence-corrected chi connectivity index (χ0v) is 23.8. The van der Waals surface area contributed by atoms with Crippen LogP contribution < -0.4 is 11.5 Å². The Morgan fingerprint density at radius 2 is 1.83 bits per heavy atom. The zero-order chi connectivity index (χ0) is 30.1. The van der Waals surface area contributed by atoms with Crippen molar-refractivity contribution in [3.63, 3.8) is 0 Å². The first-order valence-corrected chi connectivity index (χ1v) is 13.9. The molecule has 2 heterocycles. The monoisotopic (exact) mass is 575 g/mol. The number of carbonyl (C=O) groups excluding carboxylic acids is 1. The zero-order valence-electron chi connectivity index (χ0n) is 23.8. The van der Waals surface area contributed by atoms with Gasteiger partial charge in [-0.3, -0.25) is 10.2 Å². The number of phenolic OH excluding ortho intramolecular Hbond substituents is 1. The van der Waals surface area contributed by atoms with Gasteiger partial charge in [-0.1, -0.05) is 18.2 Å². The highest BCUT2D eigenvalue weighted by atomic mass is 16.5. The van der Waals surface area contributed by atoms with Crippen LogP contribution in [0.3, 0.4) is 0 Å². The van der Waals surface area contributed by atoms with E-state index in [0.29, 0.717) is 83.4 Å². The molecule has 2 aromatic rings. The van der Waals surface area contributed by atoms with E-state index in [9.17, 15) is 15.2 Å². The van der Waals surface area contributed by atoms with Crippen molar-refractivity contribution in [3.8, 4) is 11.8 Å². The molecule has 0 aliphatic carbocycles. The van der Waals surface area contributed by atoms with E-state index in [4.69, 9.17) is 31.1 Å². The highest BCUT2D eigenvalue weighted by Crippen LogP contribution is 2.29. The molecule has 42 heavy (non-hydrogen) atoms. The first kappa shape index (κ1) is 30.5. The fourth-order valence-electron chi connectivity index (χ4n) is 4.78. The second-order valence-corrected chi connectivity index (χ2v) is 9.87. The summed E-state index contributed by atoms with van der Waals surface area (Å²) in [5, 5.41) is 34.0. The van der Waals surface area contributed by atoms with Crippen LogP contribution in [0.25, 0.3) is 0 Å². The molecule has 2 aliphatic heterocycles. The van der Waals surface area contributed by atoms with Crippen molar-refractivity contribution in [1.82, 2.24) is 9.91 Å². The Labute approximate surface area is 245 Å². The summed E-state index contributed by atoms with van der Waals surface area (Å²) in [5.74, 6) is -0.0105. The first-order chi connectivity index (χ1) is 20.3. The topological polar surface area (TPSA) is 184 Å². The van der Waals surface area contributed by atoms with E-state index in [0.717, 1.165) is 16.7 Å². The summed E-state index contributed by atoms with van der Waals surface area (Å²) in [7, 11) is 0. The highest BCUT2D eigenvalue weighted by Gasteiger charge is 2.31. The molecule has 12 heteroatoms. The minimum absolute atomic E-state index is 0.00415. The molecule has 2 aliphatic rings. The Kier molecular flexibility index (Phi) is 10.5. The normalized spacial score (nSPS) is 15.8. The molecule has 0 bridgehead atoms. The summed E-state index contributed by atoms with van der Waals surface area (Å²) in [5.41, 5.74) is 16.1. The van der Waals surface area contributed by atoms with Crippen LogP contribution in [0.15, 0.2) is 52.8 Å². The van der Waals surface area contributed by atoms with Gasteiger partial charge in [-0.2, -0.15) is 10.4 Å². The van der Waals surface area contributed by atoms with Gasteiger partial charge in [-0.05, 0) is 48.2 Å². The standard InChI is InChI=1S/C30H37N7O5/c1-2-40-11-12-42-14-13-41-10-8-27(39)36-9-7-21-15-20(3-4-23(21)19-36)18-37-30(34)28(25(33)17-31)29(35-37)22-5-6-26(38)24(32)16-22/h3-6,15-16,34,38H,2,7-14,18-19,32-33H2,1H3/b28-25+,34-30?. The van der Waals surface area contributed by atoms with Gasteiger partial charge in [0.15, 0.2) is 5.84 Å². The molecule has 0 fully saturated rings. The van der Waals surface area contributed by atoms with E-state index in [-0.39, 0.29) is 34.4 Å². The van der Waals surface area contributed by atoms with Crippen LogP contribution in [0, 0.1) is 16.7 Å². The smallest absolute Gasteiger partial charge is 0.225 e. The number of phenols is 1. The number of carbonyl (C=O) groups is 1. The molecule has 0 unspecified atom stereocenters. The number of hydrogen-bond donors (Lipinski definition) is 4. The van der Waals surface area contributed by atoms with Crippen LogP contribution in [0.2, 0.25) is 0 Å². The molecule has 0 atom stereocenters. The second kappa shape index (κ2) is 14.5. The number of rotatable bonds is 13. The Bertz CT molecular complexity index is 1420. The molecule has 0 radical (unpaired) electrons. The van der Waals surface area contributed by atoms with Crippen molar-refractivity contribution >= 4 is 23.1 Å². The maximum Gasteiger partial charge on any atom is 0.225 e. The molecule has 0 spiro atoms. The third-order valence-corrected chi connectivity index (χ3v) is 7.02. The van der Waals surface area contributed by atoms with Crippen LogP contribution in [0.4, 0.5) is 5.69 Å². The highest BCUT2D eigenvalue weighted by molar-refractivity contribution is 6.32. The molecule has 6 N–H and O–H groups in total. The van der Waals surface area contributed by atoms with Crippen molar-refractivity contribution in [3.05, 3.63) is 69.9 Å². The minimum Gasteiger partial charge on any atom is -0.506 e. The van der Waals surface area contributed by atoms with Gasteiger partial charge in [0.05, 0.1) is 57.3 Å². The Morgan fingerprint density at radius 3 is 2.55 bits per heavy atom. The van der Waals surface area contributed by atoms with E-state index in [2.05, 4.69) is 11.2 Å². The summed E-state index contributed by atoms with van der Waals surface area (Å²) >= 11 is 0. The van der Waals surface area contributed by atoms with Crippen LogP contribution in [-0.4, -0.2) is 78.7 Å². The number of anilines is 1. The van der Waals surface area contributed by atoms with E-state index in [1.54, 1.807) is 6.07 Å². The quantitative estimate of drug-likeness (QED) is 0.120. The average molecular weight is 576 g/mol. The maximum absolute atomic E-state index is 12.7. The summed E-state index contributed by atoms with van der Waals surface area (Å²) in [4.78, 5) is 14.6. The number of fused-ring (bicyclic) bond motifs is 1. The number of aromatic hydroxyl groups is 1.